The molecular weight excluding hydrogens is 208 g/mol. The van der Waals surface area contributed by atoms with Gasteiger partial charge in [-0.3, -0.25) is 0 Å². The molecule has 1 aromatic rings. The Balaban J connectivity index is 2.29. The normalized spacial score (nSPS) is 20.4. The Kier molecular flexibility index (Phi) is 2.83. The number of phenols is 1. The largest absolute Gasteiger partial charge is 0.507 e. The van der Waals surface area contributed by atoms with Crippen molar-refractivity contribution in [2.45, 2.75) is 32.0 Å². The SMILES string of the molecule is CCC(O)CC1OC(=O)c2c(O)cccc21. The highest BCUT2D eigenvalue weighted by molar-refractivity contribution is 5.96. The Morgan fingerprint density at radius 2 is 2.25 bits per heavy atom. The number of ether oxygens (including phenoxy) is 1. The van der Waals surface area contributed by atoms with E-state index in [1.165, 1.54) is 6.07 Å². The highest BCUT2D eigenvalue weighted by atomic mass is 16.5. The molecule has 0 bridgehead atoms. The topological polar surface area (TPSA) is 66.8 Å². The van der Waals surface area contributed by atoms with E-state index in [4.69, 9.17) is 4.74 Å². The van der Waals surface area contributed by atoms with Crippen molar-refractivity contribution in [3.8, 4) is 5.75 Å². The van der Waals surface area contributed by atoms with Crippen molar-refractivity contribution in [2.75, 3.05) is 0 Å². The van der Waals surface area contributed by atoms with Crippen LogP contribution in [0.1, 0.15) is 41.8 Å². The Hall–Kier alpha value is -1.55. The van der Waals surface area contributed by atoms with E-state index < -0.39 is 18.2 Å². The number of aromatic hydroxyl groups is 1. The van der Waals surface area contributed by atoms with E-state index in [1.54, 1.807) is 12.1 Å². The van der Waals surface area contributed by atoms with E-state index in [2.05, 4.69) is 0 Å². The van der Waals surface area contributed by atoms with Crippen LogP contribution in [0.25, 0.3) is 0 Å². The number of carbonyl (C=O) groups is 1. The van der Waals surface area contributed by atoms with Crippen LogP contribution in [0.15, 0.2) is 18.2 Å². The predicted octanol–water partition coefficient (Wildman–Crippen LogP) is 1.76. The first-order chi connectivity index (χ1) is 7.63. The minimum absolute atomic E-state index is 0.0593. The molecule has 0 amide bonds. The maximum Gasteiger partial charge on any atom is 0.342 e. The van der Waals surface area contributed by atoms with Gasteiger partial charge < -0.3 is 14.9 Å². The lowest BCUT2D eigenvalue weighted by atomic mass is 9.99. The van der Waals surface area contributed by atoms with Crippen LogP contribution in [-0.2, 0) is 4.74 Å². The third-order valence-electron chi connectivity index (χ3n) is 2.83. The Morgan fingerprint density at radius 1 is 1.50 bits per heavy atom. The second-order valence-corrected chi connectivity index (χ2v) is 3.93. The number of aliphatic hydroxyl groups excluding tert-OH is 1. The first kappa shape index (κ1) is 11.0. The van der Waals surface area contributed by atoms with Gasteiger partial charge in [-0.25, -0.2) is 4.79 Å². The fourth-order valence-electron chi connectivity index (χ4n) is 1.89. The van der Waals surface area contributed by atoms with Gasteiger partial charge in [0.2, 0.25) is 0 Å². The Labute approximate surface area is 93.5 Å². The maximum atomic E-state index is 11.5. The van der Waals surface area contributed by atoms with Crippen molar-refractivity contribution in [3.63, 3.8) is 0 Å². The molecule has 0 spiro atoms. The van der Waals surface area contributed by atoms with Gasteiger partial charge in [0, 0.05) is 12.0 Å². The molecule has 1 heterocycles. The zero-order valence-corrected chi connectivity index (χ0v) is 9.01. The van der Waals surface area contributed by atoms with Crippen molar-refractivity contribution in [1.29, 1.82) is 0 Å². The van der Waals surface area contributed by atoms with Crippen LogP contribution in [0.2, 0.25) is 0 Å². The van der Waals surface area contributed by atoms with Gasteiger partial charge in [0.1, 0.15) is 17.4 Å². The number of benzene rings is 1. The summed E-state index contributed by atoms with van der Waals surface area (Å²) in [6.45, 7) is 1.87. The molecule has 2 unspecified atom stereocenters. The van der Waals surface area contributed by atoms with Crippen molar-refractivity contribution >= 4 is 5.97 Å². The summed E-state index contributed by atoms with van der Waals surface area (Å²) in [4.78, 5) is 11.5. The van der Waals surface area contributed by atoms with Gasteiger partial charge in [-0.15, -0.1) is 0 Å². The van der Waals surface area contributed by atoms with Crippen LogP contribution in [-0.4, -0.2) is 22.3 Å². The molecule has 1 aromatic carbocycles. The Morgan fingerprint density at radius 3 is 2.94 bits per heavy atom. The van der Waals surface area contributed by atoms with Crippen molar-refractivity contribution in [3.05, 3.63) is 29.3 Å². The van der Waals surface area contributed by atoms with Crippen LogP contribution in [0.3, 0.4) is 0 Å². The molecule has 0 saturated heterocycles. The summed E-state index contributed by atoms with van der Waals surface area (Å²) in [7, 11) is 0. The second kappa shape index (κ2) is 4.14. The van der Waals surface area contributed by atoms with Crippen LogP contribution in [0.4, 0.5) is 0 Å². The van der Waals surface area contributed by atoms with Crippen molar-refractivity contribution in [1.82, 2.24) is 0 Å². The number of carbonyl (C=O) groups excluding carboxylic acids is 1. The van der Waals surface area contributed by atoms with E-state index in [0.717, 1.165) is 0 Å². The monoisotopic (exact) mass is 222 g/mol. The van der Waals surface area contributed by atoms with Gasteiger partial charge in [0.15, 0.2) is 0 Å². The Bertz CT molecular complexity index is 413. The summed E-state index contributed by atoms with van der Waals surface area (Å²) >= 11 is 0. The van der Waals surface area contributed by atoms with Crippen molar-refractivity contribution in [2.24, 2.45) is 0 Å². The molecule has 0 radical (unpaired) electrons. The lowest BCUT2D eigenvalue weighted by Crippen LogP contribution is -2.11. The molecule has 2 rings (SSSR count). The van der Waals surface area contributed by atoms with Gasteiger partial charge in [0.25, 0.3) is 0 Å². The van der Waals surface area contributed by atoms with E-state index in [1.807, 2.05) is 6.92 Å². The molecule has 0 fully saturated rings. The van der Waals surface area contributed by atoms with Crippen LogP contribution in [0.5, 0.6) is 5.75 Å². The van der Waals surface area contributed by atoms with Gasteiger partial charge in [0.05, 0.1) is 6.10 Å². The molecule has 2 N–H and O–H groups in total. The van der Waals surface area contributed by atoms with E-state index in [0.29, 0.717) is 18.4 Å². The number of rotatable bonds is 3. The molecule has 0 saturated carbocycles. The zero-order valence-electron chi connectivity index (χ0n) is 9.01. The summed E-state index contributed by atoms with van der Waals surface area (Å²) in [6, 6.07) is 4.87. The van der Waals surface area contributed by atoms with Gasteiger partial charge in [-0.05, 0) is 12.5 Å². The molecule has 0 aliphatic carbocycles. The molecule has 1 aliphatic rings. The standard InChI is InChI=1S/C12H14O4/c1-2-7(13)6-10-8-4-3-5-9(14)11(8)12(15)16-10/h3-5,7,10,13-14H,2,6H2,1H3. The number of aliphatic hydroxyl groups is 1. The lowest BCUT2D eigenvalue weighted by molar-refractivity contribution is 0.0232. The number of fused-ring (bicyclic) bond motifs is 1. The zero-order chi connectivity index (χ0) is 11.7. The second-order valence-electron chi connectivity index (χ2n) is 3.93. The maximum absolute atomic E-state index is 11.5. The lowest BCUT2D eigenvalue weighted by Gasteiger charge is -2.14. The number of hydrogen-bond acceptors (Lipinski definition) is 4. The van der Waals surface area contributed by atoms with E-state index >= 15 is 0 Å². The molecule has 4 nitrogen and oxygen atoms in total. The van der Waals surface area contributed by atoms with Crippen LogP contribution < -0.4 is 0 Å². The molecule has 16 heavy (non-hydrogen) atoms. The fourth-order valence-corrected chi connectivity index (χ4v) is 1.89. The number of hydrogen-bond donors (Lipinski definition) is 2. The molecule has 1 aliphatic heterocycles. The third kappa shape index (κ3) is 1.76. The summed E-state index contributed by atoms with van der Waals surface area (Å²) in [5.41, 5.74) is 0.897. The molecule has 2 atom stereocenters. The number of esters is 1. The summed E-state index contributed by atoms with van der Waals surface area (Å²) in [5.74, 6) is -0.572. The summed E-state index contributed by atoms with van der Waals surface area (Å²) in [5, 5.41) is 19.1. The molecule has 4 heteroatoms. The first-order valence-corrected chi connectivity index (χ1v) is 5.34. The molecule has 86 valence electrons. The highest BCUT2D eigenvalue weighted by Gasteiger charge is 2.34. The number of phenolic OH excluding ortho intramolecular Hbond substituents is 1. The van der Waals surface area contributed by atoms with E-state index in [9.17, 15) is 15.0 Å². The van der Waals surface area contributed by atoms with Gasteiger partial charge in [-0.1, -0.05) is 19.1 Å². The molecule has 0 aromatic heterocycles. The summed E-state index contributed by atoms with van der Waals surface area (Å²) in [6.07, 6.45) is 0.0524. The summed E-state index contributed by atoms with van der Waals surface area (Å²) < 4.78 is 5.13. The minimum atomic E-state index is -0.513. The van der Waals surface area contributed by atoms with E-state index in [-0.39, 0.29) is 11.3 Å². The van der Waals surface area contributed by atoms with Crippen LogP contribution >= 0.6 is 0 Å². The molecular formula is C12H14O4. The first-order valence-electron chi connectivity index (χ1n) is 5.34. The van der Waals surface area contributed by atoms with Crippen molar-refractivity contribution < 1.29 is 19.7 Å². The highest BCUT2D eigenvalue weighted by Crippen LogP contribution is 2.38. The smallest absolute Gasteiger partial charge is 0.342 e. The van der Waals surface area contributed by atoms with Crippen LogP contribution in [0, 0.1) is 0 Å². The predicted molar refractivity (Wildman–Crippen MR) is 57.2 cm³/mol. The minimum Gasteiger partial charge on any atom is -0.507 e. The van der Waals surface area contributed by atoms with Gasteiger partial charge in [-0.2, -0.15) is 0 Å². The van der Waals surface area contributed by atoms with Gasteiger partial charge >= 0.3 is 5.97 Å². The average molecular weight is 222 g/mol. The quantitative estimate of drug-likeness (QED) is 0.765. The number of cyclic esters (lactones) is 1. The third-order valence-corrected chi connectivity index (χ3v) is 2.83. The fraction of sp³-hybridized carbons (Fsp3) is 0.417. The average Bonchev–Trinajstić information content (AvgIpc) is 2.57.